The molecule has 3 aromatic carbocycles. The van der Waals surface area contributed by atoms with Crippen LogP contribution in [0.25, 0.3) is 11.3 Å². The Balaban J connectivity index is 1.30. The van der Waals surface area contributed by atoms with Crippen LogP contribution in [-0.4, -0.2) is 35.6 Å². The molecule has 1 saturated heterocycles. The minimum atomic E-state index is -0.0807. The second kappa shape index (κ2) is 9.72. The van der Waals surface area contributed by atoms with Crippen LogP contribution in [0.3, 0.4) is 0 Å². The molecule has 4 aromatic rings. The molecule has 6 rings (SSSR count). The Bertz CT molecular complexity index is 1520. The molecule has 0 atom stereocenters. The van der Waals surface area contributed by atoms with E-state index in [9.17, 15) is 4.79 Å². The highest BCUT2D eigenvalue weighted by molar-refractivity contribution is 6.33. The van der Waals surface area contributed by atoms with Crippen LogP contribution >= 0.6 is 11.6 Å². The molecule has 5 nitrogen and oxygen atoms in total. The van der Waals surface area contributed by atoms with Crippen LogP contribution in [-0.2, 0) is 12.0 Å². The largest absolute Gasteiger partial charge is 0.360 e. The van der Waals surface area contributed by atoms with Crippen molar-refractivity contribution in [3.63, 3.8) is 0 Å². The molecule has 0 unspecified atom stereocenters. The average molecular weight is 526 g/mol. The van der Waals surface area contributed by atoms with E-state index in [4.69, 9.17) is 16.1 Å². The predicted molar refractivity (Wildman–Crippen MR) is 152 cm³/mol. The summed E-state index contributed by atoms with van der Waals surface area (Å²) < 4.78 is 5.55. The number of anilines is 1. The molecule has 2 aliphatic rings. The summed E-state index contributed by atoms with van der Waals surface area (Å²) in [5.74, 6) is 0.426. The first-order valence-electron chi connectivity index (χ1n) is 13.3. The molecule has 2 aliphatic heterocycles. The molecule has 194 valence electrons. The first-order chi connectivity index (χ1) is 18.3. The zero-order chi connectivity index (χ0) is 26.4. The Labute approximate surface area is 229 Å². The van der Waals surface area contributed by atoms with Crippen molar-refractivity contribution in [2.24, 2.45) is 0 Å². The number of nitrogens with zero attached hydrogens (tertiary/aromatic N) is 3. The number of rotatable bonds is 4. The van der Waals surface area contributed by atoms with E-state index >= 15 is 0 Å². The molecule has 3 heterocycles. The maximum atomic E-state index is 14.2. The Kier molecular flexibility index (Phi) is 6.37. The Hall–Kier alpha value is -3.41. The van der Waals surface area contributed by atoms with Crippen LogP contribution < -0.4 is 4.90 Å². The van der Waals surface area contributed by atoms with E-state index in [1.807, 2.05) is 29.2 Å². The fourth-order valence-corrected chi connectivity index (χ4v) is 6.42. The molecule has 0 radical (unpaired) electrons. The van der Waals surface area contributed by atoms with Gasteiger partial charge >= 0.3 is 0 Å². The summed E-state index contributed by atoms with van der Waals surface area (Å²) in [4.78, 5) is 18.7. The number of aryl methyl sites for hydroxylation is 3. The number of hydrogen-bond acceptors (Lipinski definition) is 4. The average Bonchev–Trinajstić information content (AvgIpc) is 3.43. The van der Waals surface area contributed by atoms with Gasteiger partial charge in [-0.1, -0.05) is 82.5 Å². The highest BCUT2D eigenvalue weighted by Gasteiger charge is 2.47. The van der Waals surface area contributed by atoms with Crippen molar-refractivity contribution < 1.29 is 9.32 Å². The minimum absolute atomic E-state index is 0.0598. The van der Waals surface area contributed by atoms with Gasteiger partial charge in [-0.05, 0) is 70.0 Å². The molecular weight excluding hydrogens is 494 g/mol. The zero-order valence-electron chi connectivity index (χ0n) is 22.1. The highest BCUT2D eigenvalue weighted by Crippen LogP contribution is 2.48. The van der Waals surface area contributed by atoms with Gasteiger partial charge in [0.05, 0.1) is 5.02 Å². The van der Waals surface area contributed by atoms with E-state index in [1.54, 1.807) is 6.92 Å². The van der Waals surface area contributed by atoms with Gasteiger partial charge < -0.3 is 9.42 Å². The monoisotopic (exact) mass is 525 g/mol. The summed E-state index contributed by atoms with van der Waals surface area (Å²) >= 11 is 6.49. The Morgan fingerprint density at radius 3 is 2.50 bits per heavy atom. The maximum absolute atomic E-state index is 14.2. The van der Waals surface area contributed by atoms with Gasteiger partial charge in [0.1, 0.15) is 17.0 Å². The zero-order valence-corrected chi connectivity index (χ0v) is 22.9. The van der Waals surface area contributed by atoms with Crippen LogP contribution in [0.4, 0.5) is 5.69 Å². The van der Waals surface area contributed by atoms with E-state index in [0.29, 0.717) is 34.1 Å². The summed E-state index contributed by atoms with van der Waals surface area (Å²) in [5, 5.41) is 4.80. The fraction of sp³-hybridized carbons (Fsp3) is 0.312. The maximum Gasteiger partial charge on any atom is 0.264 e. The quantitative estimate of drug-likeness (QED) is 0.285. The molecule has 1 spiro atoms. The Morgan fingerprint density at radius 2 is 1.74 bits per heavy atom. The van der Waals surface area contributed by atoms with Gasteiger partial charge in [-0.2, -0.15) is 0 Å². The molecular formula is C32H32ClN3O2. The molecule has 1 fully saturated rings. The number of aromatic nitrogens is 1. The first-order valence-corrected chi connectivity index (χ1v) is 13.6. The third kappa shape index (κ3) is 4.34. The molecule has 0 bridgehead atoms. The van der Waals surface area contributed by atoms with Crippen LogP contribution in [0.5, 0.6) is 0 Å². The van der Waals surface area contributed by atoms with Gasteiger partial charge in [0.25, 0.3) is 5.91 Å². The van der Waals surface area contributed by atoms with E-state index in [-0.39, 0.29) is 11.3 Å². The summed E-state index contributed by atoms with van der Waals surface area (Å²) in [6.45, 7) is 9.70. The third-order valence-corrected chi connectivity index (χ3v) is 8.56. The van der Waals surface area contributed by atoms with Crippen molar-refractivity contribution in [2.45, 2.75) is 45.6 Å². The first kappa shape index (κ1) is 24.9. The lowest BCUT2D eigenvalue weighted by molar-refractivity contribution is 0.0974. The standard InChI is InChI=1S/C32H32ClN3O2/c1-21-7-6-8-24(17-21)19-35-15-13-32(14-16-35)20-36(28-12-11-22(2)18-26(28)32)31(37)29-23(3)38-34-30(29)25-9-4-5-10-27(25)33/h4-12,17-18H,13-16,19-20H2,1-3H3. The van der Waals surface area contributed by atoms with Gasteiger partial charge in [0.15, 0.2) is 0 Å². The van der Waals surface area contributed by atoms with Gasteiger partial charge in [-0.25, -0.2) is 0 Å². The number of amides is 1. The predicted octanol–water partition coefficient (Wildman–Crippen LogP) is 7.11. The van der Waals surface area contributed by atoms with Crippen LogP contribution in [0, 0.1) is 20.8 Å². The van der Waals surface area contributed by atoms with Crippen molar-refractivity contribution in [1.29, 1.82) is 0 Å². The third-order valence-electron chi connectivity index (χ3n) is 8.23. The number of hydrogen-bond donors (Lipinski definition) is 0. The molecule has 0 aliphatic carbocycles. The van der Waals surface area contributed by atoms with E-state index in [2.05, 4.69) is 66.4 Å². The number of carbonyl (C=O) groups excluding carboxylic acids is 1. The number of piperidine rings is 1. The normalized spacial score (nSPS) is 16.7. The topological polar surface area (TPSA) is 49.6 Å². The molecule has 0 N–H and O–H groups in total. The number of fused-ring (bicyclic) bond motifs is 2. The lowest BCUT2D eigenvalue weighted by Crippen LogP contribution is -2.45. The molecule has 1 amide bonds. The molecule has 6 heteroatoms. The molecule has 1 aromatic heterocycles. The number of halogens is 1. The van der Waals surface area contributed by atoms with Crippen LogP contribution in [0.1, 0.15) is 51.2 Å². The molecule has 0 saturated carbocycles. The summed E-state index contributed by atoms with van der Waals surface area (Å²) in [6.07, 6.45) is 2.03. The van der Waals surface area contributed by atoms with Crippen molar-refractivity contribution >= 4 is 23.2 Å². The van der Waals surface area contributed by atoms with Gasteiger partial charge in [-0.3, -0.25) is 9.69 Å². The van der Waals surface area contributed by atoms with Crippen molar-refractivity contribution in [1.82, 2.24) is 10.1 Å². The van der Waals surface area contributed by atoms with Crippen LogP contribution in [0.2, 0.25) is 5.02 Å². The number of benzene rings is 3. The number of likely N-dealkylation sites (tertiary alicyclic amines) is 1. The summed E-state index contributed by atoms with van der Waals surface area (Å²) in [6, 6.07) is 22.7. The van der Waals surface area contributed by atoms with Gasteiger partial charge in [0.2, 0.25) is 0 Å². The van der Waals surface area contributed by atoms with Crippen molar-refractivity contribution in [2.75, 3.05) is 24.5 Å². The Morgan fingerprint density at radius 1 is 0.974 bits per heavy atom. The minimum Gasteiger partial charge on any atom is -0.360 e. The smallest absolute Gasteiger partial charge is 0.264 e. The van der Waals surface area contributed by atoms with Crippen molar-refractivity contribution in [3.05, 3.63) is 105 Å². The van der Waals surface area contributed by atoms with E-state index in [0.717, 1.165) is 38.2 Å². The molecule has 38 heavy (non-hydrogen) atoms. The van der Waals surface area contributed by atoms with E-state index < -0.39 is 0 Å². The van der Waals surface area contributed by atoms with Crippen molar-refractivity contribution in [3.8, 4) is 11.3 Å². The lowest BCUT2D eigenvalue weighted by Gasteiger charge is -2.40. The highest BCUT2D eigenvalue weighted by atomic mass is 35.5. The second-order valence-electron chi connectivity index (χ2n) is 10.9. The lowest BCUT2D eigenvalue weighted by atomic mass is 9.74. The van der Waals surface area contributed by atoms with Crippen LogP contribution in [0.15, 0.2) is 71.3 Å². The van der Waals surface area contributed by atoms with Gasteiger partial charge in [-0.15, -0.1) is 0 Å². The summed E-state index contributed by atoms with van der Waals surface area (Å²) in [7, 11) is 0. The number of carbonyl (C=O) groups is 1. The second-order valence-corrected chi connectivity index (χ2v) is 11.3. The SMILES string of the molecule is Cc1cccc(CN2CCC3(CC2)CN(C(=O)c2c(-c4ccccc4Cl)noc2C)c2ccc(C)cc23)c1. The summed E-state index contributed by atoms with van der Waals surface area (Å²) in [5.41, 5.74) is 7.79. The van der Waals surface area contributed by atoms with Gasteiger partial charge in [0, 0.05) is 29.8 Å². The fourth-order valence-electron chi connectivity index (χ4n) is 6.20. The van der Waals surface area contributed by atoms with E-state index in [1.165, 1.54) is 22.3 Å².